The molecular weight excluding hydrogens is 362 g/mol. The lowest BCUT2D eigenvalue weighted by Gasteiger charge is -2.37. The van der Waals surface area contributed by atoms with E-state index in [-0.39, 0.29) is 11.9 Å². The molecule has 3 aromatic rings. The molecule has 1 aromatic heterocycles. The number of hydrogen-bond donors (Lipinski definition) is 1. The van der Waals surface area contributed by atoms with Crippen molar-refractivity contribution in [2.24, 2.45) is 0 Å². The zero-order valence-corrected chi connectivity index (χ0v) is 17.2. The van der Waals surface area contributed by atoms with Crippen LogP contribution in [0.1, 0.15) is 28.9 Å². The van der Waals surface area contributed by atoms with Crippen molar-refractivity contribution >= 4 is 16.8 Å². The average molecular weight is 392 g/mol. The van der Waals surface area contributed by atoms with E-state index in [9.17, 15) is 4.79 Å². The van der Waals surface area contributed by atoms with Crippen molar-refractivity contribution in [2.45, 2.75) is 25.3 Å². The summed E-state index contributed by atoms with van der Waals surface area (Å²) in [4.78, 5) is 20.7. The number of para-hydroxylation sites is 1. The molecule has 0 aliphatic carbocycles. The summed E-state index contributed by atoms with van der Waals surface area (Å²) < 4.78 is 5.32. The van der Waals surface area contributed by atoms with Crippen LogP contribution in [0.15, 0.2) is 54.6 Å². The lowest BCUT2D eigenvalue weighted by atomic mass is 10.0. The molecule has 2 heterocycles. The highest BCUT2D eigenvalue weighted by atomic mass is 16.5. The maximum Gasteiger partial charge on any atom is 0.270 e. The van der Waals surface area contributed by atoms with Gasteiger partial charge in [0.2, 0.25) is 0 Å². The number of aromatic amines is 1. The summed E-state index contributed by atoms with van der Waals surface area (Å²) >= 11 is 0. The van der Waals surface area contributed by atoms with Crippen LogP contribution in [0.4, 0.5) is 0 Å². The topological polar surface area (TPSA) is 48.6 Å². The number of hydrogen-bond acceptors (Lipinski definition) is 3. The summed E-state index contributed by atoms with van der Waals surface area (Å²) in [7, 11) is 3.64. The Morgan fingerprint density at radius 1 is 1.21 bits per heavy atom. The van der Waals surface area contributed by atoms with Crippen LogP contribution in [0.5, 0.6) is 5.75 Å². The van der Waals surface area contributed by atoms with Gasteiger partial charge >= 0.3 is 0 Å². The number of piperidine rings is 1. The normalized spacial score (nSPS) is 17.4. The highest BCUT2D eigenvalue weighted by Gasteiger charge is 2.27. The number of fused-ring (bicyclic) bond motifs is 1. The predicted molar refractivity (Wildman–Crippen MR) is 117 cm³/mol. The monoisotopic (exact) mass is 391 g/mol. The Hall–Kier alpha value is -2.79. The number of carbonyl (C=O) groups is 1. The highest BCUT2D eigenvalue weighted by molar-refractivity contribution is 5.98. The summed E-state index contributed by atoms with van der Waals surface area (Å²) in [6.45, 7) is 3.01. The molecule has 4 rings (SSSR count). The summed E-state index contributed by atoms with van der Waals surface area (Å²) in [6, 6.07) is 18.5. The van der Waals surface area contributed by atoms with E-state index >= 15 is 0 Å². The number of H-pyrrole nitrogens is 1. The van der Waals surface area contributed by atoms with Crippen LogP contribution in [-0.4, -0.2) is 60.5 Å². The van der Waals surface area contributed by atoms with Crippen LogP contribution < -0.4 is 4.74 Å². The molecule has 1 amide bonds. The lowest BCUT2D eigenvalue weighted by Crippen LogP contribution is -2.49. The summed E-state index contributed by atoms with van der Waals surface area (Å²) in [5.74, 6) is 0.975. The van der Waals surface area contributed by atoms with Crippen LogP contribution in [0.25, 0.3) is 10.9 Å². The fourth-order valence-electron chi connectivity index (χ4n) is 4.21. The minimum Gasteiger partial charge on any atom is -0.497 e. The number of aromatic nitrogens is 1. The standard InChI is InChI=1S/C24H29N3O2/c1-26(24(28)23-16-19-8-3-4-11-22(19)25-23)20-9-6-13-27(17-20)14-12-18-7-5-10-21(15-18)29-2/h3-5,7-8,10-11,15-16,20,25H,6,9,12-14,17H2,1-2H3. The number of benzene rings is 2. The summed E-state index contributed by atoms with van der Waals surface area (Å²) in [5.41, 5.74) is 2.96. The minimum absolute atomic E-state index is 0.0702. The van der Waals surface area contributed by atoms with Gasteiger partial charge in [-0.15, -0.1) is 0 Å². The fourth-order valence-corrected chi connectivity index (χ4v) is 4.21. The Bertz CT molecular complexity index is 948. The molecule has 2 aromatic carbocycles. The van der Waals surface area contributed by atoms with Gasteiger partial charge in [-0.1, -0.05) is 30.3 Å². The molecular formula is C24H29N3O2. The van der Waals surface area contributed by atoms with Gasteiger partial charge in [0.1, 0.15) is 11.4 Å². The van der Waals surface area contributed by atoms with Gasteiger partial charge < -0.3 is 19.5 Å². The molecule has 0 bridgehead atoms. The number of rotatable bonds is 6. The van der Waals surface area contributed by atoms with E-state index in [1.165, 1.54) is 5.56 Å². The van der Waals surface area contributed by atoms with E-state index in [4.69, 9.17) is 4.74 Å². The van der Waals surface area contributed by atoms with Gasteiger partial charge in [-0.3, -0.25) is 4.79 Å². The van der Waals surface area contributed by atoms with E-state index in [1.807, 2.05) is 54.4 Å². The number of methoxy groups -OCH3 is 1. The maximum absolute atomic E-state index is 13.0. The van der Waals surface area contributed by atoms with E-state index < -0.39 is 0 Å². The molecule has 0 saturated carbocycles. The first-order chi connectivity index (χ1) is 14.1. The second kappa shape index (κ2) is 8.70. The summed E-state index contributed by atoms with van der Waals surface area (Å²) in [5, 5.41) is 1.08. The maximum atomic E-state index is 13.0. The number of nitrogens with one attached hydrogen (secondary N) is 1. The van der Waals surface area contributed by atoms with E-state index in [2.05, 4.69) is 22.0 Å². The van der Waals surface area contributed by atoms with Crippen molar-refractivity contribution in [1.29, 1.82) is 0 Å². The van der Waals surface area contributed by atoms with Gasteiger partial charge in [-0.2, -0.15) is 0 Å². The first-order valence-corrected chi connectivity index (χ1v) is 10.3. The Morgan fingerprint density at radius 3 is 2.90 bits per heavy atom. The Morgan fingerprint density at radius 2 is 2.07 bits per heavy atom. The third-order valence-electron chi connectivity index (χ3n) is 5.96. The molecule has 29 heavy (non-hydrogen) atoms. The number of nitrogens with zero attached hydrogens (tertiary/aromatic N) is 2. The van der Waals surface area contributed by atoms with E-state index in [1.54, 1.807) is 7.11 Å². The largest absolute Gasteiger partial charge is 0.497 e. The third kappa shape index (κ3) is 4.46. The minimum atomic E-state index is 0.0702. The predicted octanol–water partition coefficient (Wildman–Crippen LogP) is 3.96. The van der Waals surface area contributed by atoms with Crippen LogP contribution in [0.3, 0.4) is 0 Å². The van der Waals surface area contributed by atoms with Gasteiger partial charge in [0.15, 0.2) is 0 Å². The molecule has 5 heteroatoms. The van der Waals surface area contributed by atoms with Crippen LogP contribution in [0, 0.1) is 0 Å². The lowest BCUT2D eigenvalue weighted by molar-refractivity contribution is 0.0614. The number of carbonyl (C=O) groups excluding carboxylic acids is 1. The van der Waals surface area contributed by atoms with Crippen molar-refractivity contribution in [2.75, 3.05) is 33.8 Å². The molecule has 1 unspecified atom stereocenters. The Labute approximate surface area is 172 Å². The molecule has 1 N–H and O–H groups in total. The highest BCUT2D eigenvalue weighted by Crippen LogP contribution is 2.20. The molecule has 152 valence electrons. The zero-order chi connectivity index (χ0) is 20.2. The quantitative estimate of drug-likeness (QED) is 0.692. The first kappa shape index (κ1) is 19.5. The molecule has 5 nitrogen and oxygen atoms in total. The zero-order valence-electron chi connectivity index (χ0n) is 17.2. The molecule has 1 saturated heterocycles. The van der Waals surface area contributed by atoms with Gasteiger partial charge in [-0.25, -0.2) is 0 Å². The molecule has 0 spiro atoms. The number of likely N-dealkylation sites (N-methyl/N-ethyl adjacent to an activating group) is 1. The van der Waals surface area contributed by atoms with Crippen LogP contribution >= 0.6 is 0 Å². The second-order valence-corrected chi connectivity index (χ2v) is 7.88. The van der Waals surface area contributed by atoms with Crippen molar-refractivity contribution in [3.8, 4) is 5.75 Å². The second-order valence-electron chi connectivity index (χ2n) is 7.88. The first-order valence-electron chi connectivity index (χ1n) is 10.3. The summed E-state index contributed by atoms with van der Waals surface area (Å²) in [6.07, 6.45) is 3.16. The fraction of sp³-hybridized carbons (Fsp3) is 0.375. The van der Waals surface area contributed by atoms with Gasteiger partial charge in [0.05, 0.1) is 7.11 Å². The van der Waals surface area contributed by atoms with E-state index in [0.717, 1.165) is 55.5 Å². The van der Waals surface area contributed by atoms with Crippen LogP contribution in [0.2, 0.25) is 0 Å². The smallest absolute Gasteiger partial charge is 0.270 e. The van der Waals surface area contributed by atoms with Crippen molar-refractivity contribution in [3.63, 3.8) is 0 Å². The van der Waals surface area contributed by atoms with Crippen molar-refractivity contribution in [3.05, 3.63) is 65.9 Å². The molecule has 1 fully saturated rings. The van der Waals surface area contributed by atoms with Crippen LogP contribution in [-0.2, 0) is 6.42 Å². The van der Waals surface area contributed by atoms with Crippen molar-refractivity contribution in [1.82, 2.24) is 14.8 Å². The Balaban J connectivity index is 1.37. The molecule has 0 radical (unpaired) electrons. The molecule has 1 aliphatic heterocycles. The number of likely N-dealkylation sites (tertiary alicyclic amines) is 1. The Kier molecular flexibility index (Phi) is 5.86. The third-order valence-corrected chi connectivity index (χ3v) is 5.96. The van der Waals surface area contributed by atoms with E-state index in [0.29, 0.717) is 5.69 Å². The van der Waals surface area contributed by atoms with Gasteiger partial charge in [0.25, 0.3) is 5.91 Å². The van der Waals surface area contributed by atoms with Crippen molar-refractivity contribution < 1.29 is 9.53 Å². The average Bonchev–Trinajstić information content (AvgIpc) is 3.21. The van der Waals surface area contributed by atoms with Gasteiger partial charge in [-0.05, 0) is 55.6 Å². The molecule has 1 aliphatic rings. The number of ether oxygens (including phenoxy) is 1. The van der Waals surface area contributed by atoms with Gasteiger partial charge in [0, 0.05) is 37.1 Å². The molecule has 1 atom stereocenters. The SMILES string of the molecule is COc1cccc(CCN2CCCC(N(C)C(=O)c3cc4ccccc4[nH]3)C2)c1. The number of amides is 1.